The van der Waals surface area contributed by atoms with Crippen LogP contribution in [-0.4, -0.2) is 47.1 Å². The van der Waals surface area contributed by atoms with Gasteiger partial charge in [0.1, 0.15) is 0 Å². The Kier molecular flexibility index (Phi) is 7.17. The molecule has 134 valence electrons. The predicted octanol–water partition coefficient (Wildman–Crippen LogP) is 4.37. The number of rotatable bonds is 6. The molecule has 4 nitrogen and oxygen atoms in total. The van der Waals surface area contributed by atoms with Crippen molar-refractivity contribution < 1.29 is 0 Å². The summed E-state index contributed by atoms with van der Waals surface area (Å²) < 4.78 is 0. The fourth-order valence-electron chi connectivity index (χ4n) is 2.51. The molecule has 0 aliphatic heterocycles. The summed E-state index contributed by atoms with van der Waals surface area (Å²) in [4.78, 5) is 8.43. The van der Waals surface area contributed by atoms with E-state index >= 15 is 0 Å². The van der Waals surface area contributed by atoms with Crippen LogP contribution in [0.4, 0.5) is 5.69 Å². The van der Waals surface area contributed by atoms with Gasteiger partial charge in [0.25, 0.3) is 0 Å². The molecule has 0 aliphatic carbocycles. The maximum atomic E-state index is 6.35. The molecule has 0 aliphatic rings. The number of halogens is 1. The summed E-state index contributed by atoms with van der Waals surface area (Å²) in [7, 11) is 4.12. The lowest BCUT2D eigenvalue weighted by atomic mass is 10.1. The normalized spacial score (nSPS) is 12.1. The molecule has 0 saturated carbocycles. The Labute approximate surface area is 160 Å². The van der Waals surface area contributed by atoms with Gasteiger partial charge < -0.3 is 15.1 Å². The van der Waals surface area contributed by atoms with Gasteiger partial charge in [0.2, 0.25) is 0 Å². The summed E-state index contributed by atoms with van der Waals surface area (Å²) in [5.41, 5.74) is 3.12. The molecule has 1 unspecified atom stereocenters. The zero-order valence-corrected chi connectivity index (χ0v) is 16.7. The first-order valence-corrected chi connectivity index (χ1v) is 9.05. The lowest BCUT2D eigenvalue weighted by Gasteiger charge is -2.33. The average Bonchev–Trinajstić information content (AvgIpc) is 2.58. The third kappa shape index (κ3) is 5.66. The number of likely N-dealkylation sites (N-methyl/N-ethyl adjacent to an activating group) is 1. The maximum Gasteiger partial charge on any atom is 0.174 e. The Balaban J connectivity index is 2.20. The first-order chi connectivity index (χ1) is 11.9. The van der Waals surface area contributed by atoms with Crippen molar-refractivity contribution >= 4 is 34.6 Å². The smallest absolute Gasteiger partial charge is 0.174 e. The second kappa shape index (κ2) is 9.13. The summed E-state index contributed by atoms with van der Waals surface area (Å²) in [6, 6.07) is 10.1. The van der Waals surface area contributed by atoms with E-state index < -0.39 is 0 Å². The highest BCUT2D eigenvalue weighted by molar-refractivity contribution is 7.80. The molecule has 2 rings (SSSR count). The average molecular weight is 377 g/mol. The highest BCUT2D eigenvalue weighted by atomic mass is 35.5. The van der Waals surface area contributed by atoms with E-state index in [-0.39, 0.29) is 6.04 Å². The number of anilines is 1. The van der Waals surface area contributed by atoms with Crippen LogP contribution in [-0.2, 0) is 0 Å². The lowest BCUT2D eigenvalue weighted by molar-refractivity contribution is 0.289. The van der Waals surface area contributed by atoms with Crippen LogP contribution in [0.5, 0.6) is 0 Å². The van der Waals surface area contributed by atoms with Crippen LogP contribution >= 0.6 is 23.8 Å². The number of nitrogens with one attached hydrogen (secondary N) is 1. The standard InChI is InChI=1S/C19H25ClN4S/c1-14-5-6-18(17(20)13-14)22-19(25)24(12-11-23(3)4)15(2)16-7-9-21-10-8-16/h5-10,13,15H,11-12H2,1-4H3,(H,22,25). The van der Waals surface area contributed by atoms with Crippen LogP contribution in [0.15, 0.2) is 42.7 Å². The van der Waals surface area contributed by atoms with Gasteiger partial charge in [-0.25, -0.2) is 0 Å². The predicted molar refractivity (Wildman–Crippen MR) is 110 cm³/mol. The number of hydrogen-bond donors (Lipinski definition) is 1. The molecule has 1 N–H and O–H groups in total. The zero-order valence-electron chi connectivity index (χ0n) is 15.2. The van der Waals surface area contributed by atoms with Crippen molar-refractivity contribution in [1.29, 1.82) is 0 Å². The van der Waals surface area contributed by atoms with Crippen LogP contribution in [0.25, 0.3) is 0 Å². The molecular formula is C19H25ClN4S. The van der Waals surface area contributed by atoms with Gasteiger partial charge in [-0.3, -0.25) is 4.98 Å². The fourth-order valence-corrected chi connectivity index (χ4v) is 3.15. The van der Waals surface area contributed by atoms with Crippen LogP contribution in [0.1, 0.15) is 24.1 Å². The van der Waals surface area contributed by atoms with E-state index in [1.165, 1.54) is 5.56 Å². The Hall–Kier alpha value is -1.69. The van der Waals surface area contributed by atoms with Gasteiger partial charge >= 0.3 is 0 Å². The summed E-state index contributed by atoms with van der Waals surface area (Å²) in [6.45, 7) is 5.88. The molecule has 0 radical (unpaired) electrons. The van der Waals surface area contributed by atoms with Gasteiger partial charge in [0.15, 0.2) is 5.11 Å². The van der Waals surface area contributed by atoms with E-state index in [2.05, 4.69) is 41.1 Å². The molecule has 0 fully saturated rings. The molecule has 0 spiro atoms. The van der Waals surface area contributed by atoms with Crippen LogP contribution in [0.3, 0.4) is 0 Å². The highest BCUT2D eigenvalue weighted by Gasteiger charge is 2.19. The van der Waals surface area contributed by atoms with Crippen molar-refractivity contribution in [3.05, 3.63) is 58.9 Å². The number of aromatic nitrogens is 1. The van der Waals surface area contributed by atoms with Crippen molar-refractivity contribution in [2.75, 3.05) is 32.5 Å². The Morgan fingerprint density at radius 3 is 2.48 bits per heavy atom. The van der Waals surface area contributed by atoms with Crippen molar-refractivity contribution in [1.82, 2.24) is 14.8 Å². The largest absolute Gasteiger partial charge is 0.341 e. The lowest BCUT2D eigenvalue weighted by Crippen LogP contribution is -2.41. The summed E-state index contributed by atoms with van der Waals surface area (Å²) in [6.07, 6.45) is 3.62. The molecule has 0 amide bonds. The third-order valence-electron chi connectivity index (χ3n) is 4.07. The Morgan fingerprint density at radius 2 is 1.88 bits per heavy atom. The minimum Gasteiger partial charge on any atom is -0.341 e. The molecule has 6 heteroatoms. The Bertz CT molecular complexity index is 706. The minimum absolute atomic E-state index is 0.132. The molecule has 0 bridgehead atoms. The van der Waals surface area contributed by atoms with Crippen molar-refractivity contribution in [2.45, 2.75) is 19.9 Å². The highest BCUT2D eigenvalue weighted by Crippen LogP contribution is 2.25. The van der Waals surface area contributed by atoms with E-state index in [1.807, 2.05) is 49.6 Å². The quantitative estimate of drug-likeness (QED) is 0.757. The molecule has 2 aromatic rings. The van der Waals surface area contributed by atoms with Gasteiger partial charge in [-0.2, -0.15) is 0 Å². The number of benzene rings is 1. The van der Waals surface area contributed by atoms with Gasteiger partial charge in [-0.15, -0.1) is 0 Å². The van der Waals surface area contributed by atoms with Crippen LogP contribution in [0.2, 0.25) is 5.02 Å². The molecule has 1 atom stereocenters. The molecule has 0 saturated heterocycles. The summed E-state index contributed by atoms with van der Waals surface area (Å²) in [5.74, 6) is 0. The molecule has 1 aromatic heterocycles. The molecule has 1 aromatic carbocycles. The monoisotopic (exact) mass is 376 g/mol. The van der Waals surface area contributed by atoms with E-state index in [0.29, 0.717) is 10.1 Å². The zero-order chi connectivity index (χ0) is 18.4. The number of aryl methyl sites for hydroxylation is 1. The SMILES string of the molecule is Cc1ccc(NC(=S)N(CCN(C)C)C(C)c2ccncc2)c(Cl)c1. The van der Waals surface area contributed by atoms with Gasteiger partial charge in [0, 0.05) is 25.5 Å². The number of hydrogen-bond acceptors (Lipinski definition) is 3. The van der Waals surface area contributed by atoms with Crippen LogP contribution in [0, 0.1) is 6.92 Å². The second-order valence-corrected chi connectivity index (χ2v) is 7.16. The minimum atomic E-state index is 0.132. The molecular weight excluding hydrogens is 352 g/mol. The van der Waals surface area contributed by atoms with E-state index in [9.17, 15) is 0 Å². The molecule has 25 heavy (non-hydrogen) atoms. The van der Waals surface area contributed by atoms with Gasteiger partial charge in [-0.1, -0.05) is 17.7 Å². The third-order valence-corrected chi connectivity index (χ3v) is 4.72. The van der Waals surface area contributed by atoms with Crippen molar-refractivity contribution in [2.24, 2.45) is 0 Å². The first kappa shape index (κ1) is 19.6. The fraction of sp³-hybridized carbons (Fsp3) is 0.368. The summed E-state index contributed by atoms with van der Waals surface area (Å²) in [5, 5.41) is 4.64. The van der Waals surface area contributed by atoms with E-state index in [0.717, 1.165) is 24.3 Å². The van der Waals surface area contributed by atoms with Crippen molar-refractivity contribution in [3.8, 4) is 0 Å². The number of thiocarbonyl (C=S) groups is 1. The van der Waals surface area contributed by atoms with Crippen LogP contribution < -0.4 is 5.32 Å². The molecule has 1 heterocycles. The van der Waals surface area contributed by atoms with Gasteiger partial charge in [0.05, 0.1) is 16.8 Å². The number of pyridine rings is 1. The van der Waals surface area contributed by atoms with Gasteiger partial charge in [-0.05, 0) is 75.6 Å². The second-order valence-electron chi connectivity index (χ2n) is 6.37. The summed E-state index contributed by atoms with van der Waals surface area (Å²) >= 11 is 12.0. The topological polar surface area (TPSA) is 31.4 Å². The van der Waals surface area contributed by atoms with E-state index in [4.69, 9.17) is 23.8 Å². The van der Waals surface area contributed by atoms with Crippen molar-refractivity contribution in [3.63, 3.8) is 0 Å². The first-order valence-electron chi connectivity index (χ1n) is 8.27. The van der Waals surface area contributed by atoms with E-state index in [1.54, 1.807) is 0 Å². The number of nitrogens with zero attached hydrogens (tertiary/aromatic N) is 3. The maximum absolute atomic E-state index is 6.35. The Morgan fingerprint density at radius 1 is 1.20 bits per heavy atom.